The summed E-state index contributed by atoms with van der Waals surface area (Å²) in [6.07, 6.45) is 15.4. The molecular weight excluding hydrogens is 543 g/mol. The number of aromatic nitrogens is 5. The number of rotatable bonds is 7. The highest BCUT2D eigenvalue weighted by Crippen LogP contribution is 2.41. The fraction of sp³-hybridized carbons (Fsp3) is 0.500. The molecule has 3 aromatic heterocycles. The highest BCUT2D eigenvalue weighted by Gasteiger charge is 2.41. The Labute approximate surface area is 250 Å². The van der Waals surface area contributed by atoms with Crippen molar-refractivity contribution in [1.29, 1.82) is 0 Å². The predicted molar refractivity (Wildman–Crippen MR) is 164 cm³/mol. The Morgan fingerprint density at radius 2 is 1.70 bits per heavy atom. The Bertz CT molecular complexity index is 1650. The standard InChI is InChI=1S/C34H39FN6O2/c1-21-27(19-35)20-40(21)34(43)30-31(32-36-15-4-16-37-32)39-41-29(42)18-28(38-33(30)41)26-13-11-25(12-14-26)24-9-7-23(8-10-24)17-22-5-2-3-6-22/h4,11-16,18,21-24,27,38H,2-3,5-10,17,19-20H2,1H3/t21-,23?,24?,27-/m0/s1. The maximum absolute atomic E-state index is 13.8. The third-order valence-electron chi connectivity index (χ3n) is 10.4. The fourth-order valence-electron chi connectivity index (χ4n) is 7.64. The van der Waals surface area contributed by atoms with Gasteiger partial charge < -0.3 is 9.88 Å². The molecule has 2 saturated carbocycles. The van der Waals surface area contributed by atoms with Crippen LogP contribution in [0.25, 0.3) is 28.4 Å². The van der Waals surface area contributed by atoms with Gasteiger partial charge in [0.05, 0.1) is 12.4 Å². The van der Waals surface area contributed by atoms with E-state index in [-0.39, 0.29) is 46.2 Å². The minimum Gasteiger partial charge on any atom is -0.339 e. The molecule has 7 rings (SSSR count). The minimum atomic E-state index is -0.479. The number of carbonyl (C=O) groups excluding carboxylic acids is 1. The average molecular weight is 583 g/mol. The molecule has 0 spiro atoms. The molecule has 43 heavy (non-hydrogen) atoms. The zero-order valence-electron chi connectivity index (χ0n) is 24.7. The number of H-pyrrole nitrogens is 1. The molecule has 1 saturated heterocycles. The Balaban J connectivity index is 1.17. The van der Waals surface area contributed by atoms with Crippen molar-refractivity contribution in [3.63, 3.8) is 0 Å². The van der Waals surface area contributed by atoms with Gasteiger partial charge >= 0.3 is 0 Å². The first-order valence-corrected chi connectivity index (χ1v) is 15.9. The number of fused-ring (bicyclic) bond motifs is 1. The van der Waals surface area contributed by atoms with Crippen LogP contribution in [-0.2, 0) is 0 Å². The number of amides is 1. The van der Waals surface area contributed by atoms with Crippen LogP contribution in [0.4, 0.5) is 4.39 Å². The first-order chi connectivity index (χ1) is 21.0. The minimum absolute atomic E-state index is 0.197. The summed E-state index contributed by atoms with van der Waals surface area (Å²) in [6.45, 7) is 1.68. The highest BCUT2D eigenvalue weighted by molar-refractivity contribution is 6.05. The van der Waals surface area contributed by atoms with Crippen LogP contribution in [0, 0.1) is 17.8 Å². The number of hydrogen-bond acceptors (Lipinski definition) is 5. The summed E-state index contributed by atoms with van der Waals surface area (Å²) in [5.74, 6) is 2.16. The second kappa shape index (κ2) is 11.7. The molecule has 1 aromatic carbocycles. The lowest BCUT2D eigenvalue weighted by atomic mass is 9.75. The topological polar surface area (TPSA) is 96.2 Å². The molecule has 224 valence electrons. The van der Waals surface area contributed by atoms with Crippen molar-refractivity contribution in [1.82, 2.24) is 29.5 Å². The molecule has 4 heterocycles. The van der Waals surface area contributed by atoms with Gasteiger partial charge in [-0.3, -0.25) is 14.0 Å². The van der Waals surface area contributed by atoms with Crippen LogP contribution in [0.1, 0.15) is 86.6 Å². The first kappa shape index (κ1) is 27.9. The van der Waals surface area contributed by atoms with Crippen LogP contribution in [0.5, 0.6) is 0 Å². The molecule has 1 amide bonds. The quantitative estimate of drug-likeness (QED) is 0.271. The first-order valence-electron chi connectivity index (χ1n) is 15.9. The van der Waals surface area contributed by atoms with Crippen LogP contribution < -0.4 is 5.56 Å². The van der Waals surface area contributed by atoms with E-state index in [1.54, 1.807) is 23.4 Å². The number of nitrogens with one attached hydrogen (secondary N) is 1. The van der Waals surface area contributed by atoms with Gasteiger partial charge in [-0.1, -0.05) is 49.9 Å². The van der Waals surface area contributed by atoms with Gasteiger partial charge in [0.15, 0.2) is 11.5 Å². The second-order valence-corrected chi connectivity index (χ2v) is 12.9. The van der Waals surface area contributed by atoms with Crippen molar-refractivity contribution in [2.45, 2.75) is 76.7 Å². The van der Waals surface area contributed by atoms with Crippen LogP contribution in [0.15, 0.2) is 53.6 Å². The zero-order valence-corrected chi connectivity index (χ0v) is 24.7. The van der Waals surface area contributed by atoms with Gasteiger partial charge in [-0.25, -0.2) is 9.97 Å². The van der Waals surface area contributed by atoms with E-state index in [1.165, 1.54) is 73.9 Å². The van der Waals surface area contributed by atoms with Crippen LogP contribution >= 0.6 is 0 Å². The summed E-state index contributed by atoms with van der Waals surface area (Å²) in [6, 6.07) is 11.4. The van der Waals surface area contributed by atoms with Gasteiger partial charge in [-0.05, 0) is 74.0 Å². The van der Waals surface area contributed by atoms with E-state index in [0.717, 1.165) is 17.4 Å². The van der Waals surface area contributed by atoms with E-state index < -0.39 is 6.67 Å². The third-order valence-corrected chi connectivity index (χ3v) is 10.4. The predicted octanol–water partition coefficient (Wildman–Crippen LogP) is 6.43. The van der Waals surface area contributed by atoms with E-state index in [2.05, 4.69) is 44.3 Å². The zero-order chi connectivity index (χ0) is 29.5. The molecule has 1 aliphatic heterocycles. The summed E-state index contributed by atoms with van der Waals surface area (Å²) in [5, 5.41) is 4.48. The number of benzene rings is 1. The van der Waals surface area contributed by atoms with E-state index in [9.17, 15) is 14.0 Å². The Morgan fingerprint density at radius 1 is 1.00 bits per heavy atom. The molecule has 0 unspecified atom stereocenters. The fourth-order valence-corrected chi connectivity index (χ4v) is 7.64. The summed E-state index contributed by atoms with van der Waals surface area (Å²) in [7, 11) is 0. The van der Waals surface area contributed by atoms with E-state index >= 15 is 0 Å². The van der Waals surface area contributed by atoms with E-state index in [4.69, 9.17) is 0 Å². The number of aromatic amines is 1. The number of nitrogens with zero attached hydrogens (tertiary/aromatic N) is 5. The molecule has 0 radical (unpaired) electrons. The molecular formula is C34H39FN6O2. The number of hydrogen-bond donors (Lipinski definition) is 1. The van der Waals surface area contributed by atoms with Crippen molar-refractivity contribution in [2.75, 3.05) is 13.2 Å². The Morgan fingerprint density at radius 3 is 2.37 bits per heavy atom. The van der Waals surface area contributed by atoms with Gasteiger partial charge in [-0.15, -0.1) is 0 Å². The van der Waals surface area contributed by atoms with Crippen LogP contribution in [0.3, 0.4) is 0 Å². The normalized spacial score (nSPS) is 24.4. The molecule has 4 aromatic rings. The Hall–Kier alpha value is -3.88. The molecule has 2 atom stereocenters. The molecule has 1 N–H and O–H groups in total. The van der Waals surface area contributed by atoms with Crippen LogP contribution in [0.2, 0.25) is 0 Å². The summed E-state index contributed by atoms with van der Waals surface area (Å²) >= 11 is 0. The lowest BCUT2D eigenvalue weighted by Gasteiger charge is -2.45. The van der Waals surface area contributed by atoms with Crippen molar-refractivity contribution >= 4 is 11.6 Å². The largest absolute Gasteiger partial charge is 0.339 e. The van der Waals surface area contributed by atoms with Crippen LogP contribution in [-0.4, -0.2) is 54.6 Å². The summed E-state index contributed by atoms with van der Waals surface area (Å²) in [5.41, 5.74) is 3.20. The Kier molecular flexibility index (Phi) is 7.57. The molecule has 9 heteroatoms. The van der Waals surface area contributed by atoms with Crippen molar-refractivity contribution < 1.29 is 9.18 Å². The van der Waals surface area contributed by atoms with Gasteiger partial charge in [-0.2, -0.15) is 9.61 Å². The number of carbonyl (C=O) groups is 1. The maximum Gasteiger partial charge on any atom is 0.274 e. The number of alkyl halides is 1. The maximum atomic E-state index is 13.8. The lowest BCUT2D eigenvalue weighted by molar-refractivity contribution is 0.0142. The number of likely N-dealkylation sites (tertiary alicyclic amines) is 1. The van der Waals surface area contributed by atoms with Crippen molar-refractivity contribution in [3.05, 3.63) is 70.3 Å². The third kappa shape index (κ3) is 5.27. The van der Waals surface area contributed by atoms with Gasteiger partial charge in [0.2, 0.25) is 0 Å². The molecule has 8 nitrogen and oxygen atoms in total. The lowest BCUT2D eigenvalue weighted by Crippen LogP contribution is -2.58. The number of halogens is 1. The van der Waals surface area contributed by atoms with Crippen molar-refractivity contribution in [3.8, 4) is 22.8 Å². The highest BCUT2D eigenvalue weighted by atomic mass is 19.1. The van der Waals surface area contributed by atoms with Gasteiger partial charge in [0.25, 0.3) is 11.5 Å². The smallest absolute Gasteiger partial charge is 0.274 e. The summed E-state index contributed by atoms with van der Waals surface area (Å²) in [4.78, 5) is 40.7. The van der Waals surface area contributed by atoms with Gasteiger partial charge in [0, 0.05) is 37.0 Å². The van der Waals surface area contributed by atoms with E-state index in [0.29, 0.717) is 18.2 Å². The SMILES string of the molecule is C[C@H]1[C@@H](CF)CN1C(=O)c1c(-c2ncccn2)nn2c(=O)cc(-c3ccc(C4CCC(CC5CCCC5)CC4)cc3)[nH]c12. The summed E-state index contributed by atoms with van der Waals surface area (Å²) < 4.78 is 14.6. The van der Waals surface area contributed by atoms with Crippen molar-refractivity contribution in [2.24, 2.45) is 17.8 Å². The molecule has 2 aliphatic carbocycles. The second-order valence-electron chi connectivity index (χ2n) is 12.9. The molecule has 3 aliphatic rings. The molecule has 0 bridgehead atoms. The average Bonchev–Trinajstić information content (AvgIpc) is 3.70. The van der Waals surface area contributed by atoms with Gasteiger partial charge in [0.1, 0.15) is 11.3 Å². The van der Waals surface area contributed by atoms with E-state index in [1.807, 2.05) is 6.92 Å². The molecule has 3 fully saturated rings. The monoisotopic (exact) mass is 582 g/mol.